The van der Waals surface area contributed by atoms with Gasteiger partial charge in [0, 0.05) is 28.9 Å². The van der Waals surface area contributed by atoms with Crippen LogP contribution in [-0.2, 0) is 0 Å². The molecule has 4 atom stereocenters. The number of nitrogens with one attached hydrogen (secondary N) is 2. The topological polar surface area (TPSA) is 115 Å². The van der Waals surface area contributed by atoms with Crippen LogP contribution < -0.4 is 10.1 Å². The highest BCUT2D eigenvalue weighted by molar-refractivity contribution is 6.30. The van der Waals surface area contributed by atoms with Gasteiger partial charge in [0.15, 0.2) is 11.5 Å². The van der Waals surface area contributed by atoms with Crippen LogP contribution in [0.2, 0.25) is 5.02 Å². The van der Waals surface area contributed by atoms with Gasteiger partial charge in [-0.3, -0.25) is 4.79 Å². The van der Waals surface area contributed by atoms with Crippen molar-refractivity contribution < 1.29 is 24.9 Å². The predicted molar refractivity (Wildman–Crippen MR) is 108 cm³/mol. The van der Waals surface area contributed by atoms with Gasteiger partial charge in [0.05, 0.1) is 11.6 Å². The Labute approximate surface area is 173 Å². The number of rotatable bonds is 5. The Morgan fingerprint density at radius 2 is 1.97 bits per heavy atom. The van der Waals surface area contributed by atoms with E-state index in [-0.39, 0.29) is 41.7 Å². The summed E-state index contributed by atoms with van der Waals surface area (Å²) in [4.78, 5) is 15.6. The number of ketones is 1. The Morgan fingerprint density at radius 1 is 1.24 bits per heavy atom. The van der Waals surface area contributed by atoms with Crippen molar-refractivity contribution in [1.82, 2.24) is 10.3 Å². The maximum atomic E-state index is 12.7. The lowest BCUT2D eigenvalue weighted by Gasteiger charge is -2.25. The molecule has 1 saturated carbocycles. The zero-order chi connectivity index (χ0) is 20.7. The van der Waals surface area contributed by atoms with Crippen LogP contribution in [0, 0.1) is 12.8 Å². The molecule has 29 heavy (non-hydrogen) atoms. The van der Waals surface area contributed by atoms with Crippen molar-refractivity contribution in [2.24, 2.45) is 5.92 Å². The fraction of sp³-hybridized carbons (Fsp3) is 0.381. The van der Waals surface area contributed by atoms with Gasteiger partial charge >= 0.3 is 0 Å². The Bertz CT molecular complexity index is 952. The van der Waals surface area contributed by atoms with E-state index in [0.29, 0.717) is 29.2 Å². The number of carbonyl (C=O) groups is 1. The molecule has 1 aromatic heterocycles. The molecule has 0 spiro atoms. The van der Waals surface area contributed by atoms with Crippen LogP contribution in [-0.4, -0.2) is 50.9 Å². The molecule has 5 N–H and O–H groups in total. The summed E-state index contributed by atoms with van der Waals surface area (Å²) in [5, 5.41) is 34.9. The van der Waals surface area contributed by atoms with Gasteiger partial charge in [0.1, 0.15) is 23.7 Å². The van der Waals surface area contributed by atoms with Crippen molar-refractivity contribution in [2.75, 3.05) is 6.54 Å². The molecule has 4 rings (SSSR count). The molecule has 1 aromatic carbocycles. The first kappa shape index (κ1) is 19.8. The fourth-order valence-corrected chi connectivity index (χ4v) is 4.14. The second kappa shape index (κ2) is 7.74. The van der Waals surface area contributed by atoms with Gasteiger partial charge in [-0.15, -0.1) is 0 Å². The van der Waals surface area contributed by atoms with Gasteiger partial charge < -0.3 is 30.4 Å². The number of Topliss-reactive ketones (excluding diaryl/α,β-unsaturated/α-hetero) is 1. The number of aliphatic hydroxyl groups is 3. The molecule has 7 nitrogen and oxygen atoms in total. The molecule has 4 unspecified atom stereocenters. The lowest BCUT2D eigenvalue weighted by Crippen LogP contribution is -2.45. The molecule has 1 heterocycles. The molecule has 0 radical (unpaired) electrons. The largest absolute Gasteiger partial charge is 0.508 e. The maximum absolute atomic E-state index is 12.7. The molecule has 8 heteroatoms. The zero-order valence-electron chi connectivity index (χ0n) is 15.9. The maximum Gasteiger partial charge on any atom is 0.178 e. The molecular formula is C21H23ClN2O5. The molecule has 154 valence electrons. The number of aliphatic hydroxyl groups excluding tert-OH is 3. The number of fused-ring (bicyclic) bond motifs is 1. The molecule has 0 amide bonds. The summed E-state index contributed by atoms with van der Waals surface area (Å²) >= 11 is 5.88. The minimum atomic E-state index is -0.902. The number of ether oxygens (including phenoxy) is 1. The third-order valence-electron chi connectivity index (χ3n) is 5.58. The zero-order valence-corrected chi connectivity index (χ0v) is 16.6. The number of hydrogen-bond acceptors (Lipinski definition) is 6. The number of halogens is 1. The first-order chi connectivity index (χ1) is 13.8. The quantitative estimate of drug-likeness (QED) is 0.509. The lowest BCUT2D eigenvalue weighted by molar-refractivity contribution is 0.0442. The minimum absolute atomic E-state index is 0.105. The summed E-state index contributed by atoms with van der Waals surface area (Å²) in [7, 11) is 0. The van der Waals surface area contributed by atoms with Crippen molar-refractivity contribution in [1.29, 1.82) is 0 Å². The highest BCUT2D eigenvalue weighted by Crippen LogP contribution is 2.33. The molecule has 0 saturated heterocycles. The van der Waals surface area contributed by atoms with Crippen molar-refractivity contribution >= 4 is 23.1 Å². The van der Waals surface area contributed by atoms with Crippen LogP contribution >= 0.6 is 11.6 Å². The average molecular weight is 419 g/mol. The first-order valence-electron chi connectivity index (χ1n) is 9.55. The number of aromatic nitrogens is 1. The summed E-state index contributed by atoms with van der Waals surface area (Å²) in [5.74, 6) is -1.22. The van der Waals surface area contributed by atoms with E-state index in [2.05, 4.69) is 10.3 Å². The minimum Gasteiger partial charge on any atom is -0.508 e. The summed E-state index contributed by atoms with van der Waals surface area (Å²) in [6.07, 6.45) is 0.154. The van der Waals surface area contributed by atoms with E-state index in [1.165, 1.54) is 0 Å². The van der Waals surface area contributed by atoms with Crippen LogP contribution in [0.25, 0.3) is 5.76 Å². The van der Waals surface area contributed by atoms with E-state index < -0.39 is 12.0 Å². The Hall–Kier alpha value is -2.48. The molecule has 0 aliphatic heterocycles. The predicted octanol–water partition coefficient (Wildman–Crippen LogP) is 3.13. The van der Waals surface area contributed by atoms with Crippen LogP contribution in [0.3, 0.4) is 0 Å². The molecule has 2 aromatic rings. The number of hydrogen-bond donors (Lipinski definition) is 5. The van der Waals surface area contributed by atoms with E-state index in [4.69, 9.17) is 16.3 Å². The van der Waals surface area contributed by atoms with E-state index in [1.54, 1.807) is 37.3 Å². The lowest BCUT2D eigenvalue weighted by atomic mass is 9.89. The van der Waals surface area contributed by atoms with Gasteiger partial charge in [0.25, 0.3) is 0 Å². The van der Waals surface area contributed by atoms with E-state index in [1.807, 2.05) is 0 Å². The van der Waals surface area contributed by atoms with Crippen LogP contribution in [0.15, 0.2) is 36.1 Å². The summed E-state index contributed by atoms with van der Waals surface area (Å²) in [5.41, 5.74) is 1.34. The van der Waals surface area contributed by atoms with Crippen molar-refractivity contribution in [3.8, 4) is 5.75 Å². The second-order valence-electron chi connectivity index (χ2n) is 7.58. The Morgan fingerprint density at radius 3 is 2.69 bits per heavy atom. The van der Waals surface area contributed by atoms with E-state index in [9.17, 15) is 20.1 Å². The molecule has 1 fully saturated rings. The van der Waals surface area contributed by atoms with Gasteiger partial charge in [-0.1, -0.05) is 11.6 Å². The van der Waals surface area contributed by atoms with Crippen LogP contribution in [0.1, 0.15) is 34.6 Å². The van der Waals surface area contributed by atoms with Gasteiger partial charge in [-0.25, -0.2) is 0 Å². The third kappa shape index (κ3) is 3.73. The highest BCUT2D eigenvalue weighted by atomic mass is 35.5. The summed E-state index contributed by atoms with van der Waals surface area (Å²) < 4.78 is 5.85. The molecule has 2 aliphatic rings. The number of aromatic amines is 1. The normalized spacial score (nSPS) is 26.7. The number of H-pyrrole nitrogens is 1. The Kier molecular flexibility index (Phi) is 5.29. The van der Waals surface area contributed by atoms with Crippen molar-refractivity contribution in [3.05, 3.63) is 58.1 Å². The summed E-state index contributed by atoms with van der Waals surface area (Å²) in [6.45, 7) is 1.88. The molecular weight excluding hydrogens is 396 g/mol. The number of aryl methyl sites for hydroxylation is 1. The first-order valence-corrected chi connectivity index (χ1v) is 9.93. The highest BCUT2D eigenvalue weighted by Gasteiger charge is 2.39. The summed E-state index contributed by atoms with van der Waals surface area (Å²) in [6, 6.07) is 8.32. The van der Waals surface area contributed by atoms with E-state index in [0.717, 1.165) is 5.69 Å². The van der Waals surface area contributed by atoms with Gasteiger partial charge in [-0.2, -0.15) is 0 Å². The second-order valence-corrected chi connectivity index (χ2v) is 8.02. The van der Waals surface area contributed by atoms with Gasteiger partial charge in [0.2, 0.25) is 0 Å². The van der Waals surface area contributed by atoms with Gasteiger partial charge in [-0.05, 0) is 50.1 Å². The third-order valence-corrected chi connectivity index (χ3v) is 5.84. The fourth-order valence-electron chi connectivity index (χ4n) is 4.02. The smallest absolute Gasteiger partial charge is 0.178 e. The standard InChI is InChI=1S/C21H23ClN2O5/c1-10-8-13-17(24-10)21(28)19(26)14(18(13)25)9-23-15-6-7-16(20(15)27)29-12-4-2-11(22)3-5-12/h2-5,8,14-16,20,23-24,26-28H,6-7,9H2,1H3. The number of benzene rings is 1. The average Bonchev–Trinajstić information content (AvgIpc) is 3.25. The van der Waals surface area contributed by atoms with Crippen LogP contribution in [0.5, 0.6) is 5.75 Å². The molecule has 2 aliphatic carbocycles. The van der Waals surface area contributed by atoms with Crippen molar-refractivity contribution in [3.63, 3.8) is 0 Å². The van der Waals surface area contributed by atoms with Crippen molar-refractivity contribution in [2.45, 2.75) is 38.0 Å². The Balaban J connectivity index is 1.40. The molecule has 0 bridgehead atoms. The number of carbonyl (C=O) groups excluding carboxylic acids is 1. The van der Waals surface area contributed by atoms with E-state index >= 15 is 0 Å². The van der Waals surface area contributed by atoms with Crippen LogP contribution in [0.4, 0.5) is 0 Å². The monoisotopic (exact) mass is 418 g/mol. The SMILES string of the molecule is Cc1cc2c([nH]1)C(O)=C(O)C(CNC1CCC(Oc3ccc(Cl)cc3)C1O)C2=O.